The van der Waals surface area contributed by atoms with E-state index in [1.54, 1.807) is 38.1 Å². The Morgan fingerprint density at radius 3 is 2.59 bits per heavy atom. The van der Waals surface area contributed by atoms with E-state index in [4.69, 9.17) is 21.6 Å². The molecule has 2 aromatic carbocycles. The molecule has 0 heterocycles. The van der Waals surface area contributed by atoms with E-state index in [2.05, 4.69) is 0 Å². The van der Waals surface area contributed by atoms with Crippen molar-refractivity contribution in [3.63, 3.8) is 0 Å². The number of hydrogen-bond donors (Lipinski definition) is 0. The number of benzene rings is 2. The van der Waals surface area contributed by atoms with Gasteiger partial charge in [0, 0.05) is 23.3 Å². The third kappa shape index (κ3) is 5.30. The molecule has 150 valence electrons. The predicted molar refractivity (Wildman–Crippen MR) is 107 cm³/mol. The van der Waals surface area contributed by atoms with Crippen molar-refractivity contribution >= 4 is 34.9 Å². The highest BCUT2D eigenvalue weighted by Crippen LogP contribution is 2.24. The maximum absolute atomic E-state index is 12.7. The molecule has 0 unspecified atom stereocenters. The number of esters is 1. The van der Waals surface area contributed by atoms with Gasteiger partial charge >= 0.3 is 5.97 Å². The first kappa shape index (κ1) is 21.9. The van der Waals surface area contributed by atoms with Crippen molar-refractivity contribution in [3.05, 3.63) is 68.2 Å². The van der Waals surface area contributed by atoms with E-state index in [1.165, 1.54) is 17.0 Å². The number of nitro groups is 1. The normalized spacial score (nSPS) is 10.1. The van der Waals surface area contributed by atoms with Crippen LogP contribution in [0.1, 0.15) is 27.9 Å². The second-order valence-electron chi connectivity index (χ2n) is 6.19. The number of anilines is 1. The number of nitrogens with zero attached hydrogens (tertiary/aromatic N) is 3. The molecule has 0 spiro atoms. The second kappa shape index (κ2) is 9.66. The van der Waals surface area contributed by atoms with E-state index in [1.807, 2.05) is 6.07 Å². The third-order valence-electron chi connectivity index (χ3n) is 4.18. The van der Waals surface area contributed by atoms with Crippen LogP contribution in [-0.2, 0) is 9.53 Å². The van der Waals surface area contributed by atoms with Gasteiger partial charge in [0.05, 0.1) is 17.4 Å². The van der Waals surface area contributed by atoms with Crippen LogP contribution in [0, 0.1) is 35.3 Å². The molecule has 9 heteroatoms. The lowest BCUT2D eigenvalue weighted by Gasteiger charge is -2.22. The van der Waals surface area contributed by atoms with Gasteiger partial charge in [-0.15, -0.1) is 0 Å². The molecule has 0 N–H and O–H groups in total. The molecule has 0 fully saturated rings. The summed E-state index contributed by atoms with van der Waals surface area (Å²) in [4.78, 5) is 36.9. The van der Waals surface area contributed by atoms with E-state index in [-0.39, 0.29) is 18.5 Å². The summed E-state index contributed by atoms with van der Waals surface area (Å²) in [7, 11) is 0. The van der Waals surface area contributed by atoms with E-state index in [0.717, 1.165) is 5.56 Å². The molecular formula is C20H18ClN3O5. The van der Waals surface area contributed by atoms with E-state index in [9.17, 15) is 19.7 Å². The minimum Gasteiger partial charge on any atom is -0.452 e. The molecule has 29 heavy (non-hydrogen) atoms. The van der Waals surface area contributed by atoms with Crippen LogP contribution in [0.5, 0.6) is 0 Å². The van der Waals surface area contributed by atoms with Gasteiger partial charge in [-0.2, -0.15) is 5.26 Å². The molecule has 0 aliphatic rings. The number of amides is 1. The van der Waals surface area contributed by atoms with Gasteiger partial charge in [-0.1, -0.05) is 23.7 Å². The number of halogens is 1. The van der Waals surface area contributed by atoms with Crippen molar-refractivity contribution in [1.29, 1.82) is 5.26 Å². The number of nitro benzene ring substituents is 1. The highest BCUT2D eigenvalue weighted by atomic mass is 35.5. The average molecular weight is 416 g/mol. The zero-order valence-electron chi connectivity index (χ0n) is 15.8. The zero-order chi connectivity index (χ0) is 21.6. The summed E-state index contributed by atoms with van der Waals surface area (Å²) < 4.78 is 5.05. The molecule has 2 rings (SSSR count). The summed E-state index contributed by atoms with van der Waals surface area (Å²) in [6.07, 6.45) is 0.0740. The number of nitriles is 1. The van der Waals surface area contributed by atoms with Gasteiger partial charge in [0.2, 0.25) is 0 Å². The zero-order valence-corrected chi connectivity index (χ0v) is 16.6. The molecule has 0 atom stereocenters. The quantitative estimate of drug-likeness (QED) is 0.384. The molecule has 0 aromatic heterocycles. The van der Waals surface area contributed by atoms with Gasteiger partial charge < -0.3 is 9.64 Å². The minimum atomic E-state index is -0.962. The number of ether oxygens (including phenoxy) is 1. The van der Waals surface area contributed by atoms with Gasteiger partial charge in [0.25, 0.3) is 11.6 Å². The lowest BCUT2D eigenvalue weighted by Crippen LogP contribution is -2.35. The first-order chi connectivity index (χ1) is 13.8. The van der Waals surface area contributed by atoms with Gasteiger partial charge in [-0.3, -0.25) is 14.9 Å². The first-order valence-corrected chi connectivity index (χ1v) is 8.98. The molecule has 0 saturated heterocycles. The predicted octanol–water partition coefficient (Wildman–Crippen LogP) is 3.97. The van der Waals surface area contributed by atoms with E-state index in [0.29, 0.717) is 16.3 Å². The largest absolute Gasteiger partial charge is 0.452 e. The molecule has 2 aromatic rings. The third-order valence-corrected chi connectivity index (χ3v) is 4.60. The molecule has 8 nitrogen and oxygen atoms in total. The molecule has 0 aliphatic heterocycles. The topological polar surface area (TPSA) is 114 Å². The smallest absolute Gasteiger partial charge is 0.345 e. The Kier molecular flexibility index (Phi) is 7.28. The van der Waals surface area contributed by atoms with Gasteiger partial charge in [-0.05, 0) is 43.2 Å². The van der Waals surface area contributed by atoms with Crippen LogP contribution in [0.3, 0.4) is 0 Å². The molecule has 0 saturated carbocycles. The molecule has 0 aliphatic carbocycles. The average Bonchev–Trinajstić information content (AvgIpc) is 2.68. The number of carbonyl (C=O) groups is 2. The fourth-order valence-electron chi connectivity index (χ4n) is 2.70. The molecule has 0 radical (unpaired) electrons. The Bertz CT molecular complexity index is 1000. The van der Waals surface area contributed by atoms with Crippen LogP contribution in [-0.4, -0.2) is 30.0 Å². The van der Waals surface area contributed by atoms with Crippen LogP contribution in [0.2, 0.25) is 5.02 Å². The second-order valence-corrected chi connectivity index (χ2v) is 6.60. The van der Waals surface area contributed by atoms with Crippen LogP contribution in [0.4, 0.5) is 11.4 Å². The molecule has 0 bridgehead atoms. The van der Waals surface area contributed by atoms with Crippen molar-refractivity contribution in [2.24, 2.45) is 0 Å². The lowest BCUT2D eigenvalue weighted by molar-refractivity contribution is -0.385. The van der Waals surface area contributed by atoms with Crippen molar-refractivity contribution in [2.75, 3.05) is 18.1 Å². The number of aryl methyl sites for hydroxylation is 2. The van der Waals surface area contributed by atoms with Crippen LogP contribution in [0.25, 0.3) is 0 Å². The van der Waals surface area contributed by atoms with E-state index >= 15 is 0 Å². The van der Waals surface area contributed by atoms with Crippen LogP contribution in [0.15, 0.2) is 36.4 Å². The Labute approximate surface area is 172 Å². The van der Waals surface area contributed by atoms with Gasteiger partial charge in [0.1, 0.15) is 5.56 Å². The maximum Gasteiger partial charge on any atom is 0.345 e. The minimum absolute atomic E-state index is 0.0740. The maximum atomic E-state index is 12.7. The Morgan fingerprint density at radius 1 is 1.24 bits per heavy atom. The number of carbonyl (C=O) groups excluding carboxylic acids is 2. The fraction of sp³-hybridized carbons (Fsp3) is 0.250. The van der Waals surface area contributed by atoms with Gasteiger partial charge in [0.15, 0.2) is 6.61 Å². The summed E-state index contributed by atoms with van der Waals surface area (Å²) in [6, 6.07) is 11.1. The van der Waals surface area contributed by atoms with Crippen LogP contribution >= 0.6 is 11.6 Å². The summed E-state index contributed by atoms with van der Waals surface area (Å²) in [5.74, 6) is -1.53. The Morgan fingerprint density at radius 2 is 1.97 bits per heavy atom. The van der Waals surface area contributed by atoms with Crippen molar-refractivity contribution < 1.29 is 19.2 Å². The Hall–Kier alpha value is -3.44. The number of hydrogen-bond acceptors (Lipinski definition) is 6. The fourth-order valence-corrected chi connectivity index (χ4v) is 2.82. The number of rotatable bonds is 7. The standard InChI is InChI=1S/C20H18ClN3O5/c1-13-5-3-6-17(24(27)28)19(13)20(26)29-12-18(25)23(10-4-9-22)15-7-8-16(21)14(2)11-15/h3,5-8,11H,4,10,12H2,1-2H3. The summed E-state index contributed by atoms with van der Waals surface area (Å²) >= 11 is 6.01. The summed E-state index contributed by atoms with van der Waals surface area (Å²) in [5, 5.41) is 20.6. The van der Waals surface area contributed by atoms with E-state index < -0.39 is 29.1 Å². The van der Waals surface area contributed by atoms with Crippen LogP contribution < -0.4 is 4.90 Å². The highest BCUT2D eigenvalue weighted by molar-refractivity contribution is 6.31. The van der Waals surface area contributed by atoms with Crippen molar-refractivity contribution in [1.82, 2.24) is 0 Å². The van der Waals surface area contributed by atoms with Crippen molar-refractivity contribution in [2.45, 2.75) is 20.3 Å². The molecular weight excluding hydrogens is 398 g/mol. The highest BCUT2D eigenvalue weighted by Gasteiger charge is 2.25. The first-order valence-electron chi connectivity index (χ1n) is 8.60. The SMILES string of the molecule is Cc1cc(N(CCC#N)C(=O)COC(=O)c2c(C)cccc2[N+](=O)[O-])ccc1Cl. The van der Waals surface area contributed by atoms with Crippen molar-refractivity contribution in [3.8, 4) is 6.07 Å². The monoisotopic (exact) mass is 415 g/mol. The van der Waals surface area contributed by atoms with Gasteiger partial charge in [-0.25, -0.2) is 4.79 Å². The molecule has 1 amide bonds. The summed E-state index contributed by atoms with van der Waals surface area (Å²) in [5.41, 5.74) is 1.02. The summed E-state index contributed by atoms with van der Waals surface area (Å²) in [6.45, 7) is 2.78. The lowest BCUT2D eigenvalue weighted by atomic mass is 10.1. The Balaban J connectivity index is 2.20.